The van der Waals surface area contributed by atoms with Gasteiger partial charge in [-0.1, -0.05) is 12.1 Å². The molecule has 0 aliphatic carbocycles. The molecule has 3 rings (SSSR count). The standard InChI is InChI=1S/C17H19N3O3/c18-17(23)12-5-8-19(9-6-12)16(22)11-20-10-7-15(21)13-3-1-2-4-14(13)20/h1-4,7,10,12H,5-6,8-9,11H2,(H2,18,23). The second-order valence-corrected chi connectivity index (χ2v) is 5.88. The predicted octanol–water partition coefficient (Wildman–Crippen LogP) is 0.725. The predicted molar refractivity (Wildman–Crippen MR) is 86.7 cm³/mol. The van der Waals surface area contributed by atoms with Crippen LogP contribution in [0.3, 0.4) is 0 Å². The number of aromatic nitrogens is 1. The fraction of sp³-hybridized carbons (Fsp3) is 0.353. The molecule has 2 heterocycles. The average molecular weight is 313 g/mol. The van der Waals surface area contributed by atoms with Gasteiger partial charge in [0.05, 0.1) is 5.52 Å². The van der Waals surface area contributed by atoms with Crippen molar-refractivity contribution in [3.8, 4) is 0 Å². The van der Waals surface area contributed by atoms with Gasteiger partial charge in [0.15, 0.2) is 5.43 Å². The first kappa shape index (κ1) is 15.3. The number of rotatable bonds is 3. The molecule has 120 valence electrons. The lowest BCUT2D eigenvalue weighted by Crippen LogP contribution is -2.43. The van der Waals surface area contributed by atoms with Gasteiger partial charge in [0.25, 0.3) is 0 Å². The second-order valence-electron chi connectivity index (χ2n) is 5.88. The second kappa shape index (κ2) is 6.24. The van der Waals surface area contributed by atoms with E-state index in [9.17, 15) is 14.4 Å². The minimum absolute atomic E-state index is 0.0123. The highest BCUT2D eigenvalue weighted by Crippen LogP contribution is 2.17. The molecule has 23 heavy (non-hydrogen) atoms. The highest BCUT2D eigenvalue weighted by atomic mass is 16.2. The lowest BCUT2D eigenvalue weighted by molar-refractivity contribution is -0.135. The molecule has 0 bridgehead atoms. The summed E-state index contributed by atoms with van der Waals surface area (Å²) >= 11 is 0. The number of nitrogens with zero attached hydrogens (tertiary/aromatic N) is 2. The molecule has 1 saturated heterocycles. The van der Waals surface area contributed by atoms with Gasteiger partial charge in [-0.25, -0.2) is 0 Å². The number of piperidine rings is 1. The van der Waals surface area contributed by atoms with E-state index in [-0.39, 0.29) is 29.7 Å². The number of para-hydroxylation sites is 1. The fourth-order valence-electron chi connectivity index (χ4n) is 3.06. The molecule has 0 saturated carbocycles. The maximum atomic E-state index is 12.5. The van der Waals surface area contributed by atoms with Crippen LogP contribution < -0.4 is 11.2 Å². The zero-order chi connectivity index (χ0) is 16.4. The summed E-state index contributed by atoms with van der Waals surface area (Å²) in [7, 11) is 0. The number of likely N-dealkylation sites (tertiary alicyclic amines) is 1. The monoisotopic (exact) mass is 313 g/mol. The van der Waals surface area contributed by atoms with E-state index >= 15 is 0 Å². The number of hydrogen-bond donors (Lipinski definition) is 1. The van der Waals surface area contributed by atoms with E-state index in [4.69, 9.17) is 5.73 Å². The van der Waals surface area contributed by atoms with Gasteiger partial charge in [-0.2, -0.15) is 0 Å². The first-order valence-electron chi connectivity index (χ1n) is 7.71. The molecule has 6 heteroatoms. The van der Waals surface area contributed by atoms with E-state index in [1.165, 1.54) is 6.07 Å². The quantitative estimate of drug-likeness (QED) is 0.906. The molecule has 1 fully saturated rings. The van der Waals surface area contributed by atoms with Crippen molar-refractivity contribution in [2.45, 2.75) is 19.4 Å². The molecule has 2 amide bonds. The van der Waals surface area contributed by atoms with Crippen molar-refractivity contribution >= 4 is 22.7 Å². The molecule has 2 aromatic rings. The molecule has 0 radical (unpaired) electrons. The molecule has 1 aromatic heterocycles. The van der Waals surface area contributed by atoms with Gasteiger partial charge in [0, 0.05) is 36.7 Å². The number of carbonyl (C=O) groups excluding carboxylic acids is 2. The number of pyridine rings is 1. The van der Waals surface area contributed by atoms with Gasteiger partial charge in [0.1, 0.15) is 6.54 Å². The minimum Gasteiger partial charge on any atom is -0.369 e. The van der Waals surface area contributed by atoms with Gasteiger partial charge in [-0.15, -0.1) is 0 Å². The Balaban J connectivity index is 1.75. The molecule has 0 unspecified atom stereocenters. The van der Waals surface area contributed by atoms with Crippen LogP contribution in [0.1, 0.15) is 12.8 Å². The van der Waals surface area contributed by atoms with E-state index < -0.39 is 0 Å². The number of benzene rings is 1. The van der Waals surface area contributed by atoms with Gasteiger partial charge in [-0.05, 0) is 25.0 Å². The maximum Gasteiger partial charge on any atom is 0.242 e. The normalized spacial score (nSPS) is 15.7. The van der Waals surface area contributed by atoms with Crippen LogP contribution in [0.4, 0.5) is 0 Å². The first-order chi connectivity index (χ1) is 11.1. The van der Waals surface area contributed by atoms with Crippen LogP contribution in [0.25, 0.3) is 10.9 Å². The van der Waals surface area contributed by atoms with Crippen molar-refractivity contribution in [2.75, 3.05) is 13.1 Å². The topological polar surface area (TPSA) is 85.4 Å². The lowest BCUT2D eigenvalue weighted by atomic mass is 9.96. The number of amides is 2. The Morgan fingerprint density at radius 2 is 1.83 bits per heavy atom. The van der Waals surface area contributed by atoms with Gasteiger partial charge in [-0.3, -0.25) is 14.4 Å². The summed E-state index contributed by atoms with van der Waals surface area (Å²) in [5.74, 6) is -0.433. The molecule has 0 spiro atoms. The third kappa shape index (κ3) is 3.11. The van der Waals surface area contributed by atoms with E-state index in [1.54, 1.807) is 21.7 Å². The Labute approximate surface area is 133 Å². The number of fused-ring (bicyclic) bond motifs is 1. The number of carbonyl (C=O) groups is 2. The smallest absolute Gasteiger partial charge is 0.242 e. The van der Waals surface area contributed by atoms with Crippen molar-refractivity contribution in [3.63, 3.8) is 0 Å². The molecular formula is C17H19N3O3. The summed E-state index contributed by atoms with van der Waals surface area (Å²) in [6.07, 6.45) is 2.89. The van der Waals surface area contributed by atoms with Crippen LogP contribution in [0.2, 0.25) is 0 Å². The molecule has 6 nitrogen and oxygen atoms in total. The number of primary amides is 1. The molecule has 1 aliphatic rings. The summed E-state index contributed by atoms with van der Waals surface area (Å²) in [6, 6.07) is 8.74. The van der Waals surface area contributed by atoms with Crippen LogP contribution in [0.15, 0.2) is 41.3 Å². The molecule has 1 aromatic carbocycles. The van der Waals surface area contributed by atoms with Crippen molar-refractivity contribution in [2.24, 2.45) is 11.7 Å². The molecular weight excluding hydrogens is 294 g/mol. The zero-order valence-electron chi connectivity index (χ0n) is 12.8. The fourth-order valence-corrected chi connectivity index (χ4v) is 3.06. The number of nitrogens with two attached hydrogens (primary N) is 1. The largest absolute Gasteiger partial charge is 0.369 e. The van der Waals surface area contributed by atoms with Crippen molar-refractivity contribution in [3.05, 3.63) is 46.8 Å². The van der Waals surface area contributed by atoms with E-state index in [2.05, 4.69) is 0 Å². The lowest BCUT2D eigenvalue weighted by Gasteiger charge is -2.31. The summed E-state index contributed by atoms with van der Waals surface area (Å²) in [5, 5.41) is 0.607. The average Bonchev–Trinajstić information content (AvgIpc) is 2.57. The van der Waals surface area contributed by atoms with Crippen LogP contribution >= 0.6 is 0 Å². The molecule has 2 N–H and O–H groups in total. The van der Waals surface area contributed by atoms with Crippen LogP contribution in [-0.2, 0) is 16.1 Å². The van der Waals surface area contributed by atoms with Gasteiger partial charge >= 0.3 is 0 Å². The van der Waals surface area contributed by atoms with Crippen molar-refractivity contribution in [1.29, 1.82) is 0 Å². The number of hydrogen-bond acceptors (Lipinski definition) is 3. The Morgan fingerprint density at radius 1 is 1.13 bits per heavy atom. The Hall–Kier alpha value is -2.63. The summed E-state index contributed by atoms with van der Waals surface area (Å²) in [5.41, 5.74) is 6.01. The SMILES string of the molecule is NC(=O)C1CCN(C(=O)Cn2ccc(=O)c3ccccc32)CC1. The third-order valence-electron chi connectivity index (χ3n) is 4.44. The van der Waals surface area contributed by atoms with Crippen molar-refractivity contribution in [1.82, 2.24) is 9.47 Å². The van der Waals surface area contributed by atoms with E-state index in [1.807, 2.05) is 18.2 Å². The highest BCUT2D eigenvalue weighted by Gasteiger charge is 2.25. The minimum atomic E-state index is -0.288. The molecule has 0 atom stereocenters. The van der Waals surface area contributed by atoms with Gasteiger partial charge < -0.3 is 15.2 Å². The Morgan fingerprint density at radius 3 is 2.52 bits per heavy atom. The summed E-state index contributed by atoms with van der Waals surface area (Å²) in [6.45, 7) is 1.27. The molecule has 1 aliphatic heterocycles. The summed E-state index contributed by atoms with van der Waals surface area (Å²) in [4.78, 5) is 37.3. The summed E-state index contributed by atoms with van der Waals surface area (Å²) < 4.78 is 1.79. The van der Waals surface area contributed by atoms with Crippen molar-refractivity contribution < 1.29 is 9.59 Å². The Kier molecular flexibility index (Phi) is 4.14. The third-order valence-corrected chi connectivity index (χ3v) is 4.44. The van der Waals surface area contributed by atoms with Crippen LogP contribution in [0.5, 0.6) is 0 Å². The Bertz CT molecular complexity index is 804. The van der Waals surface area contributed by atoms with E-state index in [0.29, 0.717) is 31.3 Å². The van der Waals surface area contributed by atoms with Crippen LogP contribution in [-0.4, -0.2) is 34.4 Å². The first-order valence-corrected chi connectivity index (χ1v) is 7.71. The maximum absolute atomic E-state index is 12.5. The highest BCUT2D eigenvalue weighted by molar-refractivity contribution is 5.82. The van der Waals surface area contributed by atoms with E-state index in [0.717, 1.165) is 5.52 Å². The van der Waals surface area contributed by atoms with Crippen LogP contribution in [0, 0.1) is 5.92 Å². The zero-order valence-corrected chi connectivity index (χ0v) is 12.8. The van der Waals surface area contributed by atoms with Gasteiger partial charge in [0.2, 0.25) is 11.8 Å².